The normalized spacial score (nSPS) is 11.2. The highest BCUT2D eigenvalue weighted by Gasteiger charge is 2.14. The maximum Gasteiger partial charge on any atom is 0.184 e. The lowest BCUT2D eigenvalue weighted by atomic mass is 10.1. The summed E-state index contributed by atoms with van der Waals surface area (Å²) in [7, 11) is 0. The van der Waals surface area contributed by atoms with Gasteiger partial charge in [-0.05, 0) is 48.5 Å². The van der Waals surface area contributed by atoms with E-state index in [1.807, 2.05) is 13.0 Å². The number of aromatic nitrogens is 3. The Hall–Kier alpha value is -2.08. The van der Waals surface area contributed by atoms with Crippen LogP contribution in [0.1, 0.15) is 11.1 Å². The Morgan fingerprint density at radius 1 is 1.30 bits per heavy atom. The van der Waals surface area contributed by atoms with Crippen molar-refractivity contribution in [3.05, 3.63) is 58.1 Å². The molecule has 2 heterocycles. The number of nitrogens with zero attached hydrogens (tertiary/aromatic N) is 2. The first-order valence-corrected chi connectivity index (χ1v) is 6.45. The maximum atomic E-state index is 14.0. The third-order valence-corrected chi connectivity index (χ3v) is 3.61. The number of hydrogen-bond donors (Lipinski definition) is 1. The first kappa shape index (κ1) is 12.9. The van der Waals surface area contributed by atoms with Crippen LogP contribution in [-0.2, 0) is 6.54 Å². The van der Waals surface area contributed by atoms with Crippen LogP contribution in [0.4, 0.5) is 8.78 Å². The van der Waals surface area contributed by atoms with Gasteiger partial charge in [0.05, 0.1) is 12.1 Å². The van der Waals surface area contributed by atoms with E-state index in [9.17, 15) is 8.78 Å². The second kappa shape index (κ2) is 4.79. The summed E-state index contributed by atoms with van der Waals surface area (Å²) < 4.78 is 29.3. The predicted molar refractivity (Wildman–Crippen MR) is 75.1 cm³/mol. The van der Waals surface area contributed by atoms with Gasteiger partial charge >= 0.3 is 0 Å². The summed E-state index contributed by atoms with van der Waals surface area (Å²) in [5.74, 6) is -1.77. The smallest absolute Gasteiger partial charge is 0.184 e. The van der Waals surface area contributed by atoms with E-state index in [1.165, 1.54) is 6.07 Å². The van der Waals surface area contributed by atoms with Gasteiger partial charge in [0.2, 0.25) is 0 Å². The van der Waals surface area contributed by atoms with Crippen LogP contribution in [0.15, 0.2) is 30.6 Å². The number of rotatable bonds is 2. The summed E-state index contributed by atoms with van der Waals surface area (Å²) in [5.41, 5.74) is 2.58. The lowest BCUT2D eigenvalue weighted by Crippen LogP contribution is -2.03. The molecule has 1 N–H and O–H groups in total. The van der Waals surface area contributed by atoms with E-state index in [1.54, 1.807) is 17.0 Å². The van der Waals surface area contributed by atoms with Crippen molar-refractivity contribution in [3.8, 4) is 0 Å². The molecular formula is C14H11F2N3S. The molecule has 0 aliphatic heterocycles. The molecule has 102 valence electrons. The third kappa shape index (κ3) is 2.02. The zero-order valence-corrected chi connectivity index (χ0v) is 11.5. The van der Waals surface area contributed by atoms with Crippen LogP contribution in [0.5, 0.6) is 0 Å². The van der Waals surface area contributed by atoms with Gasteiger partial charge in [0.1, 0.15) is 5.52 Å². The molecule has 0 aliphatic rings. The van der Waals surface area contributed by atoms with Crippen molar-refractivity contribution < 1.29 is 8.78 Å². The van der Waals surface area contributed by atoms with Crippen molar-refractivity contribution in [2.24, 2.45) is 0 Å². The average molecular weight is 291 g/mol. The quantitative estimate of drug-likeness (QED) is 0.730. The standard InChI is InChI=1S/C14H11F2N3S/c1-8-6-17-5-4-9(8)7-19-13-11(18-14(19)20)3-2-10(15)12(13)16/h2-6H,7H2,1H3,(H,18,20). The number of fused-ring (bicyclic) bond motifs is 1. The third-order valence-electron chi connectivity index (χ3n) is 3.29. The number of aryl methyl sites for hydroxylation is 1. The Balaban J connectivity index is 2.22. The molecule has 0 unspecified atom stereocenters. The number of H-pyrrole nitrogens is 1. The molecule has 0 bridgehead atoms. The van der Waals surface area contributed by atoms with E-state index in [0.29, 0.717) is 16.8 Å². The molecule has 0 amide bonds. The highest BCUT2D eigenvalue weighted by Crippen LogP contribution is 2.22. The Kier molecular flexibility index (Phi) is 3.10. The van der Waals surface area contributed by atoms with Crippen LogP contribution >= 0.6 is 12.2 Å². The molecule has 6 heteroatoms. The van der Waals surface area contributed by atoms with Crippen molar-refractivity contribution in [1.29, 1.82) is 0 Å². The zero-order valence-electron chi connectivity index (χ0n) is 10.7. The van der Waals surface area contributed by atoms with Gasteiger partial charge in [-0.15, -0.1) is 0 Å². The Labute approximate surface area is 118 Å². The first-order valence-electron chi connectivity index (χ1n) is 6.04. The number of nitrogens with one attached hydrogen (secondary N) is 1. The lowest BCUT2D eigenvalue weighted by Gasteiger charge is -2.08. The SMILES string of the molecule is Cc1cnccc1Cn1c(=S)[nH]c2ccc(F)c(F)c21. The number of pyridine rings is 1. The van der Waals surface area contributed by atoms with Crippen LogP contribution in [-0.4, -0.2) is 14.5 Å². The highest BCUT2D eigenvalue weighted by molar-refractivity contribution is 7.71. The predicted octanol–water partition coefficient (Wildman–Crippen LogP) is 3.73. The van der Waals surface area contributed by atoms with Crippen molar-refractivity contribution in [3.63, 3.8) is 0 Å². The topological polar surface area (TPSA) is 33.6 Å². The summed E-state index contributed by atoms with van der Waals surface area (Å²) in [5, 5.41) is 0. The van der Waals surface area contributed by atoms with Crippen molar-refractivity contribution in [2.45, 2.75) is 13.5 Å². The van der Waals surface area contributed by atoms with E-state index in [0.717, 1.165) is 17.2 Å². The second-order valence-corrected chi connectivity index (χ2v) is 4.96. The molecule has 1 aromatic carbocycles. The van der Waals surface area contributed by atoms with Gasteiger partial charge in [0, 0.05) is 12.4 Å². The number of halogens is 2. The van der Waals surface area contributed by atoms with Crippen LogP contribution in [0.25, 0.3) is 11.0 Å². The van der Waals surface area contributed by atoms with Crippen LogP contribution < -0.4 is 0 Å². The van der Waals surface area contributed by atoms with E-state index in [2.05, 4.69) is 9.97 Å². The fourth-order valence-electron chi connectivity index (χ4n) is 2.19. The van der Waals surface area contributed by atoms with Crippen molar-refractivity contribution in [2.75, 3.05) is 0 Å². The molecule has 0 fully saturated rings. The largest absolute Gasteiger partial charge is 0.330 e. The fourth-order valence-corrected chi connectivity index (χ4v) is 2.46. The molecule has 0 spiro atoms. The lowest BCUT2D eigenvalue weighted by molar-refractivity contribution is 0.512. The molecule has 0 saturated carbocycles. The maximum absolute atomic E-state index is 14.0. The summed E-state index contributed by atoms with van der Waals surface area (Å²) in [4.78, 5) is 6.90. The Morgan fingerprint density at radius 2 is 2.10 bits per heavy atom. The van der Waals surface area contributed by atoms with Gasteiger partial charge in [-0.3, -0.25) is 4.98 Å². The minimum Gasteiger partial charge on any atom is -0.330 e. The van der Waals surface area contributed by atoms with Crippen LogP contribution in [0.3, 0.4) is 0 Å². The van der Waals surface area contributed by atoms with Gasteiger partial charge in [0.25, 0.3) is 0 Å². The molecular weight excluding hydrogens is 280 g/mol. The van der Waals surface area contributed by atoms with Crippen LogP contribution in [0, 0.1) is 23.3 Å². The molecule has 2 aromatic heterocycles. The Bertz CT molecular complexity index is 851. The molecule has 0 aliphatic carbocycles. The zero-order chi connectivity index (χ0) is 14.3. The molecule has 20 heavy (non-hydrogen) atoms. The van der Waals surface area contributed by atoms with Crippen molar-refractivity contribution in [1.82, 2.24) is 14.5 Å². The molecule has 3 aromatic rings. The van der Waals surface area contributed by atoms with Crippen molar-refractivity contribution >= 4 is 23.3 Å². The number of hydrogen-bond acceptors (Lipinski definition) is 2. The average Bonchev–Trinajstić information content (AvgIpc) is 2.74. The van der Waals surface area contributed by atoms with Gasteiger partial charge in [0.15, 0.2) is 16.4 Å². The van der Waals surface area contributed by atoms with Crippen LogP contribution in [0.2, 0.25) is 0 Å². The highest BCUT2D eigenvalue weighted by atomic mass is 32.1. The summed E-state index contributed by atoms with van der Waals surface area (Å²) in [6.07, 6.45) is 3.39. The van der Waals surface area contributed by atoms with Gasteiger partial charge in [-0.2, -0.15) is 0 Å². The van der Waals surface area contributed by atoms with Gasteiger partial charge in [-0.25, -0.2) is 8.78 Å². The second-order valence-electron chi connectivity index (χ2n) is 4.58. The number of imidazole rings is 1. The summed E-state index contributed by atoms with van der Waals surface area (Å²) >= 11 is 5.20. The van der Waals surface area contributed by atoms with E-state index < -0.39 is 11.6 Å². The van der Waals surface area contributed by atoms with Gasteiger partial charge < -0.3 is 9.55 Å². The van der Waals surface area contributed by atoms with E-state index in [4.69, 9.17) is 12.2 Å². The van der Waals surface area contributed by atoms with E-state index in [-0.39, 0.29) is 5.52 Å². The molecule has 0 atom stereocenters. The molecule has 0 radical (unpaired) electrons. The number of benzene rings is 1. The molecule has 3 rings (SSSR count). The fraction of sp³-hybridized carbons (Fsp3) is 0.143. The first-order chi connectivity index (χ1) is 9.58. The molecule has 3 nitrogen and oxygen atoms in total. The number of aromatic amines is 1. The van der Waals surface area contributed by atoms with E-state index >= 15 is 0 Å². The minimum atomic E-state index is -0.887. The summed E-state index contributed by atoms with van der Waals surface area (Å²) in [6, 6.07) is 4.41. The monoisotopic (exact) mass is 291 g/mol. The Morgan fingerprint density at radius 3 is 2.85 bits per heavy atom. The van der Waals surface area contributed by atoms with Gasteiger partial charge in [-0.1, -0.05) is 0 Å². The summed E-state index contributed by atoms with van der Waals surface area (Å²) in [6.45, 7) is 2.28. The minimum absolute atomic E-state index is 0.159. The molecule has 0 saturated heterocycles.